The van der Waals surface area contributed by atoms with Crippen molar-refractivity contribution >= 4 is 35.2 Å². The third-order valence-electron chi connectivity index (χ3n) is 9.47. The Morgan fingerprint density at radius 1 is 0.889 bits per heavy atom. The molecule has 3 amide bonds. The highest BCUT2D eigenvalue weighted by Gasteiger charge is 2.72. The summed E-state index contributed by atoms with van der Waals surface area (Å²) in [6, 6.07) is 24.8. The van der Waals surface area contributed by atoms with Gasteiger partial charge in [0.25, 0.3) is 5.91 Å². The zero-order valence-corrected chi connectivity index (χ0v) is 25.8. The lowest BCUT2D eigenvalue weighted by Gasteiger charge is -2.38. The van der Waals surface area contributed by atoms with Gasteiger partial charge in [-0.3, -0.25) is 14.4 Å². The van der Waals surface area contributed by atoms with E-state index in [4.69, 9.17) is 4.74 Å². The Morgan fingerprint density at radius 2 is 1.60 bits per heavy atom. The fraction of sp³-hybridized carbons (Fsp3) is 0.306. The van der Waals surface area contributed by atoms with Crippen molar-refractivity contribution in [3.8, 4) is 5.75 Å². The first kappa shape index (κ1) is 29.4. The second-order valence-corrected chi connectivity index (χ2v) is 13.4. The molecule has 2 fully saturated rings. The number of likely N-dealkylation sites (tertiary alicyclic amines) is 1. The number of carbonyl (C=O) groups is 3. The summed E-state index contributed by atoms with van der Waals surface area (Å²) in [7, 11) is 1.59. The standard InChI is InChI=1S/C36H35N3O5S/c1-44-27-17-15-26(16-18-27)38-21-9-19-36-31(34(42)39(32(36)35(38)43)28(23-40)25-12-6-3-7-13-25)30-29(45-36)14-8-20-37(33(30)41)22-24-10-4-2-5-11-24/h2-19,28-32,40H,20-23H2,1H3/t28-,29+,30-,31+,32?,36+/m1/s1. The maximum absolute atomic E-state index is 14.9. The lowest BCUT2D eigenvalue weighted by Crippen LogP contribution is -2.54. The Bertz CT molecular complexity index is 1650. The number of hydrogen-bond acceptors (Lipinski definition) is 6. The second kappa shape index (κ2) is 11.9. The zero-order chi connectivity index (χ0) is 31.1. The third kappa shape index (κ3) is 4.85. The number of hydrogen-bond donors (Lipinski definition) is 1. The highest BCUT2D eigenvalue weighted by atomic mass is 32.2. The fourth-order valence-corrected chi connectivity index (χ4v) is 9.43. The summed E-state index contributed by atoms with van der Waals surface area (Å²) in [6.45, 7) is 0.836. The summed E-state index contributed by atoms with van der Waals surface area (Å²) in [5, 5.41) is 10.5. The highest BCUT2D eigenvalue weighted by Crippen LogP contribution is 2.62. The van der Waals surface area contributed by atoms with Crippen LogP contribution in [0.5, 0.6) is 5.75 Å². The number of benzene rings is 3. The van der Waals surface area contributed by atoms with Crippen LogP contribution in [0.1, 0.15) is 17.2 Å². The molecular weight excluding hydrogens is 586 g/mol. The number of aliphatic hydroxyl groups is 1. The molecule has 0 saturated carbocycles. The van der Waals surface area contributed by atoms with Crippen LogP contribution in [-0.2, 0) is 20.9 Å². The normalized spacial score (nSPS) is 28.0. The van der Waals surface area contributed by atoms with Crippen LogP contribution in [-0.4, -0.2) is 75.5 Å². The molecule has 6 atom stereocenters. The largest absolute Gasteiger partial charge is 0.497 e. The van der Waals surface area contributed by atoms with E-state index < -0.39 is 28.7 Å². The van der Waals surface area contributed by atoms with Crippen LogP contribution >= 0.6 is 11.8 Å². The van der Waals surface area contributed by atoms with E-state index in [1.165, 1.54) is 0 Å². The van der Waals surface area contributed by atoms with Gasteiger partial charge in [-0.25, -0.2) is 0 Å². The van der Waals surface area contributed by atoms with Crippen LogP contribution in [0.2, 0.25) is 0 Å². The van der Waals surface area contributed by atoms with E-state index in [2.05, 4.69) is 0 Å². The molecule has 1 unspecified atom stereocenters. The van der Waals surface area contributed by atoms with Crippen molar-refractivity contribution in [1.29, 1.82) is 0 Å². The molecule has 9 heteroatoms. The first-order valence-corrected chi connectivity index (χ1v) is 16.1. The smallest absolute Gasteiger partial charge is 0.251 e. The Hall–Kier alpha value is -4.34. The van der Waals surface area contributed by atoms with Gasteiger partial charge in [0.05, 0.1) is 36.3 Å². The molecule has 4 aliphatic heterocycles. The van der Waals surface area contributed by atoms with Gasteiger partial charge in [0, 0.05) is 30.6 Å². The monoisotopic (exact) mass is 621 g/mol. The van der Waals surface area contributed by atoms with E-state index in [1.807, 2.05) is 102 Å². The quantitative estimate of drug-likeness (QED) is 0.398. The summed E-state index contributed by atoms with van der Waals surface area (Å²) in [5.41, 5.74) is 2.43. The van der Waals surface area contributed by atoms with Gasteiger partial charge in [0.2, 0.25) is 11.8 Å². The van der Waals surface area contributed by atoms with Gasteiger partial charge in [-0.1, -0.05) is 85.0 Å². The van der Waals surface area contributed by atoms with E-state index in [9.17, 15) is 19.5 Å². The van der Waals surface area contributed by atoms with E-state index in [0.717, 1.165) is 11.1 Å². The number of methoxy groups -OCH3 is 1. The molecule has 2 saturated heterocycles. The topological polar surface area (TPSA) is 90.4 Å². The van der Waals surface area contributed by atoms with Crippen molar-refractivity contribution in [2.24, 2.45) is 11.8 Å². The molecular formula is C36H35N3O5S. The minimum absolute atomic E-state index is 0.0884. The van der Waals surface area contributed by atoms with Gasteiger partial charge in [-0.15, -0.1) is 11.8 Å². The van der Waals surface area contributed by atoms with Gasteiger partial charge in [0.1, 0.15) is 11.8 Å². The molecule has 0 radical (unpaired) electrons. The van der Waals surface area contributed by atoms with Gasteiger partial charge in [-0.05, 0) is 35.4 Å². The average Bonchev–Trinajstić information content (AvgIpc) is 3.39. The molecule has 3 aromatic rings. The Balaban J connectivity index is 1.33. The van der Waals surface area contributed by atoms with Crippen molar-refractivity contribution in [3.05, 3.63) is 120 Å². The van der Waals surface area contributed by atoms with Gasteiger partial charge in [0.15, 0.2) is 0 Å². The predicted octanol–water partition coefficient (Wildman–Crippen LogP) is 4.23. The summed E-state index contributed by atoms with van der Waals surface area (Å²) in [4.78, 5) is 49.2. The molecule has 8 nitrogen and oxygen atoms in total. The van der Waals surface area contributed by atoms with Crippen LogP contribution < -0.4 is 9.64 Å². The number of thioether (sulfide) groups is 1. The third-order valence-corrected chi connectivity index (χ3v) is 11.2. The number of nitrogens with zero attached hydrogens (tertiary/aromatic N) is 3. The number of carbonyl (C=O) groups excluding carboxylic acids is 3. The number of amides is 3. The second-order valence-electron chi connectivity index (χ2n) is 11.9. The fourth-order valence-electron chi connectivity index (χ4n) is 7.43. The first-order valence-electron chi connectivity index (χ1n) is 15.2. The molecule has 4 aliphatic rings. The summed E-state index contributed by atoms with van der Waals surface area (Å²) < 4.78 is 4.34. The molecule has 1 N–H and O–H groups in total. The Labute approximate surface area is 267 Å². The molecule has 0 bridgehead atoms. The molecule has 4 heterocycles. The minimum Gasteiger partial charge on any atom is -0.497 e. The van der Waals surface area contributed by atoms with Crippen molar-refractivity contribution in [2.45, 2.75) is 28.6 Å². The Kier molecular flexibility index (Phi) is 7.75. The zero-order valence-electron chi connectivity index (χ0n) is 24.9. The van der Waals surface area contributed by atoms with Crippen molar-refractivity contribution in [1.82, 2.24) is 9.80 Å². The predicted molar refractivity (Wildman–Crippen MR) is 173 cm³/mol. The number of ether oxygens (including phenoxy) is 1. The number of rotatable bonds is 7. The molecule has 3 aromatic carbocycles. The average molecular weight is 622 g/mol. The Morgan fingerprint density at radius 3 is 2.29 bits per heavy atom. The maximum Gasteiger partial charge on any atom is 0.251 e. The molecule has 7 rings (SSSR count). The lowest BCUT2D eigenvalue weighted by atomic mass is 9.78. The molecule has 45 heavy (non-hydrogen) atoms. The van der Waals surface area contributed by atoms with Crippen LogP contribution in [0.15, 0.2) is 109 Å². The van der Waals surface area contributed by atoms with Crippen molar-refractivity contribution in [3.63, 3.8) is 0 Å². The van der Waals surface area contributed by atoms with E-state index >= 15 is 0 Å². The molecule has 0 aliphatic carbocycles. The number of fused-ring (bicyclic) bond motifs is 2. The molecule has 1 spiro atoms. The van der Waals surface area contributed by atoms with E-state index in [0.29, 0.717) is 31.1 Å². The van der Waals surface area contributed by atoms with E-state index in [1.54, 1.807) is 40.8 Å². The minimum atomic E-state index is -0.997. The summed E-state index contributed by atoms with van der Waals surface area (Å²) in [5.74, 6) is -1.36. The van der Waals surface area contributed by atoms with Gasteiger partial charge in [-0.2, -0.15) is 0 Å². The van der Waals surface area contributed by atoms with Crippen LogP contribution in [0.25, 0.3) is 0 Å². The van der Waals surface area contributed by atoms with Crippen LogP contribution in [0.3, 0.4) is 0 Å². The van der Waals surface area contributed by atoms with Crippen molar-refractivity contribution < 1.29 is 24.2 Å². The highest BCUT2D eigenvalue weighted by molar-refractivity contribution is 8.02. The number of anilines is 1. The first-order chi connectivity index (χ1) is 22.0. The van der Waals surface area contributed by atoms with E-state index in [-0.39, 0.29) is 29.6 Å². The van der Waals surface area contributed by atoms with Crippen molar-refractivity contribution in [2.75, 3.05) is 31.7 Å². The van der Waals surface area contributed by atoms with Crippen LogP contribution in [0, 0.1) is 11.8 Å². The molecule has 0 aromatic heterocycles. The lowest BCUT2D eigenvalue weighted by molar-refractivity contribution is -0.145. The summed E-state index contributed by atoms with van der Waals surface area (Å²) >= 11 is 1.54. The SMILES string of the molecule is COc1ccc(N2CC=C[C@]34S[C@H]5C=CCN(Cc6ccccc6)C(=O)[C@H]5[C@H]3C(=O)N([C@H](CO)c3ccccc3)C4C2=O)cc1. The van der Waals surface area contributed by atoms with Gasteiger partial charge < -0.3 is 24.5 Å². The van der Waals surface area contributed by atoms with Gasteiger partial charge >= 0.3 is 0 Å². The van der Waals surface area contributed by atoms with Crippen LogP contribution in [0.4, 0.5) is 5.69 Å². The maximum atomic E-state index is 14.9. The summed E-state index contributed by atoms with van der Waals surface area (Å²) in [6.07, 6.45) is 8.02. The molecule has 230 valence electrons. The number of aliphatic hydroxyl groups excluding tert-OH is 1.